The summed E-state index contributed by atoms with van der Waals surface area (Å²) in [6.07, 6.45) is 13.1. The van der Waals surface area contributed by atoms with Gasteiger partial charge in [-0.15, -0.1) is 0 Å². The molecule has 1 aliphatic heterocycles. The summed E-state index contributed by atoms with van der Waals surface area (Å²) < 4.78 is 0. The quantitative estimate of drug-likeness (QED) is 0.865. The molecule has 1 N–H and O–H groups in total. The molecule has 0 atom stereocenters. The largest absolute Gasteiger partial charge is 0.356 e. The third kappa shape index (κ3) is 4.95. The second kappa shape index (κ2) is 8.16. The van der Waals surface area contributed by atoms with Crippen LogP contribution in [0.2, 0.25) is 0 Å². The summed E-state index contributed by atoms with van der Waals surface area (Å²) >= 11 is 0. The molecule has 0 aromatic carbocycles. The predicted molar refractivity (Wildman–Crippen MR) is 90.8 cm³/mol. The lowest BCUT2D eigenvalue weighted by Crippen LogP contribution is -2.44. The first kappa shape index (κ1) is 16.8. The van der Waals surface area contributed by atoms with Gasteiger partial charge in [0.15, 0.2) is 0 Å². The van der Waals surface area contributed by atoms with Crippen molar-refractivity contribution < 1.29 is 9.59 Å². The zero-order chi connectivity index (χ0) is 16.1. The van der Waals surface area contributed by atoms with Crippen molar-refractivity contribution in [2.45, 2.75) is 70.6 Å². The molecule has 23 heavy (non-hydrogen) atoms. The minimum atomic E-state index is 0.117. The Labute approximate surface area is 140 Å². The summed E-state index contributed by atoms with van der Waals surface area (Å²) in [4.78, 5) is 26.4. The SMILES string of the molecule is O=C(NCC1CCCCCCC1)C1CCN(C(=O)C2CC2)CC1. The minimum absolute atomic E-state index is 0.117. The van der Waals surface area contributed by atoms with E-state index < -0.39 is 0 Å². The Balaban J connectivity index is 1.36. The number of piperidine rings is 1. The van der Waals surface area contributed by atoms with E-state index in [1.807, 2.05) is 4.90 Å². The monoisotopic (exact) mass is 320 g/mol. The van der Waals surface area contributed by atoms with Crippen LogP contribution in [-0.4, -0.2) is 36.3 Å². The lowest BCUT2D eigenvalue weighted by Gasteiger charge is -2.32. The van der Waals surface area contributed by atoms with E-state index in [2.05, 4.69) is 5.32 Å². The summed E-state index contributed by atoms with van der Waals surface area (Å²) in [6.45, 7) is 2.41. The molecule has 0 bridgehead atoms. The summed E-state index contributed by atoms with van der Waals surface area (Å²) in [7, 11) is 0. The van der Waals surface area contributed by atoms with E-state index in [1.54, 1.807) is 0 Å². The Morgan fingerprint density at radius 3 is 2.00 bits per heavy atom. The molecule has 3 fully saturated rings. The number of amides is 2. The first-order valence-corrected chi connectivity index (χ1v) is 9.80. The van der Waals surface area contributed by atoms with Gasteiger partial charge >= 0.3 is 0 Å². The van der Waals surface area contributed by atoms with Crippen LogP contribution in [0, 0.1) is 17.8 Å². The van der Waals surface area contributed by atoms with E-state index in [4.69, 9.17) is 0 Å². The van der Waals surface area contributed by atoms with Crippen LogP contribution in [0.15, 0.2) is 0 Å². The van der Waals surface area contributed by atoms with Crippen LogP contribution in [0.25, 0.3) is 0 Å². The number of likely N-dealkylation sites (tertiary alicyclic amines) is 1. The van der Waals surface area contributed by atoms with E-state index in [0.29, 0.717) is 17.7 Å². The summed E-state index contributed by atoms with van der Waals surface area (Å²) in [5, 5.41) is 3.21. The minimum Gasteiger partial charge on any atom is -0.356 e. The molecule has 0 unspecified atom stereocenters. The van der Waals surface area contributed by atoms with Gasteiger partial charge in [-0.3, -0.25) is 9.59 Å². The highest BCUT2D eigenvalue weighted by molar-refractivity contribution is 5.82. The van der Waals surface area contributed by atoms with E-state index in [9.17, 15) is 9.59 Å². The van der Waals surface area contributed by atoms with Crippen molar-refractivity contribution in [1.82, 2.24) is 10.2 Å². The second-order valence-corrected chi connectivity index (χ2v) is 7.83. The van der Waals surface area contributed by atoms with Gasteiger partial charge in [0.25, 0.3) is 0 Å². The molecule has 0 spiro atoms. The lowest BCUT2D eigenvalue weighted by atomic mass is 9.90. The Morgan fingerprint density at radius 1 is 0.783 bits per heavy atom. The van der Waals surface area contributed by atoms with Crippen LogP contribution in [0.4, 0.5) is 0 Å². The molecular formula is C19H32N2O2. The standard InChI is InChI=1S/C19H32N2O2/c22-18(20-14-15-6-4-2-1-3-5-7-15)16-10-12-21(13-11-16)19(23)17-8-9-17/h15-17H,1-14H2,(H,20,22). The van der Waals surface area contributed by atoms with Crippen molar-refractivity contribution in [2.24, 2.45) is 17.8 Å². The highest BCUT2D eigenvalue weighted by atomic mass is 16.2. The van der Waals surface area contributed by atoms with Crippen molar-refractivity contribution in [3.8, 4) is 0 Å². The average molecular weight is 320 g/mol. The fourth-order valence-electron chi connectivity index (χ4n) is 4.08. The first-order valence-electron chi connectivity index (χ1n) is 9.80. The molecule has 4 heteroatoms. The molecule has 1 saturated heterocycles. The third-order valence-corrected chi connectivity index (χ3v) is 5.89. The van der Waals surface area contributed by atoms with Crippen LogP contribution >= 0.6 is 0 Å². The normalized spacial score (nSPS) is 24.8. The van der Waals surface area contributed by atoms with Gasteiger partial charge in [0.2, 0.25) is 11.8 Å². The Hall–Kier alpha value is -1.06. The van der Waals surface area contributed by atoms with Crippen molar-refractivity contribution in [2.75, 3.05) is 19.6 Å². The molecule has 2 amide bonds. The number of hydrogen-bond donors (Lipinski definition) is 1. The summed E-state index contributed by atoms with van der Waals surface area (Å²) in [5.41, 5.74) is 0. The van der Waals surface area contributed by atoms with Gasteiger partial charge < -0.3 is 10.2 Å². The molecule has 3 rings (SSSR count). The van der Waals surface area contributed by atoms with Gasteiger partial charge in [0.1, 0.15) is 0 Å². The number of nitrogens with zero attached hydrogens (tertiary/aromatic N) is 1. The van der Waals surface area contributed by atoms with Gasteiger partial charge in [-0.1, -0.05) is 32.1 Å². The van der Waals surface area contributed by atoms with Crippen LogP contribution in [0.3, 0.4) is 0 Å². The molecule has 3 aliphatic rings. The van der Waals surface area contributed by atoms with Crippen LogP contribution < -0.4 is 5.32 Å². The maximum absolute atomic E-state index is 12.4. The highest BCUT2D eigenvalue weighted by Gasteiger charge is 2.35. The topological polar surface area (TPSA) is 49.4 Å². The van der Waals surface area contributed by atoms with Crippen molar-refractivity contribution in [3.63, 3.8) is 0 Å². The van der Waals surface area contributed by atoms with Crippen LogP contribution in [-0.2, 0) is 9.59 Å². The van der Waals surface area contributed by atoms with Crippen LogP contribution in [0.1, 0.15) is 70.6 Å². The first-order chi connectivity index (χ1) is 11.2. The van der Waals surface area contributed by atoms with Gasteiger partial charge in [0, 0.05) is 31.5 Å². The summed E-state index contributed by atoms with van der Waals surface area (Å²) in [5.74, 6) is 1.66. The highest BCUT2D eigenvalue weighted by Crippen LogP contribution is 2.32. The number of nitrogens with one attached hydrogen (secondary N) is 1. The Bertz CT molecular complexity index is 404. The van der Waals surface area contributed by atoms with Crippen molar-refractivity contribution in [3.05, 3.63) is 0 Å². The molecule has 0 aromatic heterocycles. The molecule has 4 nitrogen and oxygen atoms in total. The number of hydrogen-bond acceptors (Lipinski definition) is 2. The molecule has 2 saturated carbocycles. The fraction of sp³-hybridized carbons (Fsp3) is 0.895. The maximum Gasteiger partial charge on any atom is 0.225 e. The van der Waals surface area contributed by atoms with Crippen molar-refractivity contribution in [1.29, 1.82) is 0 Å². The number of carbonyl (C=O) groups excluding carboxylic acids is 2. The predicted octanol–water partition coefficient (Wildman–Crippen LogP) is 3.11. The molecule has 0 aromatic rings. The number of carbonyl (C=O) groups is 2. The van der Waals surface area contributed by atoms with E-state index in [0.717, 1.165) is 45.3 Å². The fourth-order valence-corrected chi connectivity index (χ4v) is 4.08. The average Bonchev–Trinajstić information content (AvgIpc) is 3.38. The van der Waals surface area contributed by atoms with Crippen molar-refractivity contribution >= 4 is 11.8 Å². The molecule has 0 radical (unpaired) electrons. The summed E-state index contributed by atoms with van der Waals surface area (Å²) in [6, 6.07) is 0. The van der Waals surface area contributed by atoms with Crippen LogP contribution in [0.5, 0.6) is 0 Å². The molecular weight excluding hydrogens is 288 g/mol. The third-order valence-electron chi connectivity index (χ3n) is 5.89. The molecule has 1 heterocycles. The second-order valence-electron chi connectivity index (χ2n) is 7.83. The van der Waals surface area contributed by atoms with Gasteiger partial charge in [-0.25, -0.2) is 0 Å². The van der Waals surface area contributed by atoms with Gasteiger partial charge in [0.05, 0.1) is 0 Å². The van der Waals surface area contributed by atoms with Gasteiger partial charge in [-0.05, 0) is 44.4 Å². The smallest absolute Gasteiger partial charge is 0.225 e. The number of rotatable bonds is 4. The lowest BCUT2D eigenvalue weighted by molar-refractivity contribution is -0.136. The Kier molecular flexibility index (Phi) is 5.96. The maximum atomic E-state index is 12.4. The zero-order valence-electron chi connectivity index (χ0n) is 14.4. The van der Waals surface area contributed by atoms with E-state index in [-0.39, 0.29) is 11.8 Å². The van der Waals surface area contributed by atoms with Gasteiger partial charge in [-0.2, -0.15) is 0 Å². The zero-order valence-corrected chi connectivity index (χ0v) is 14.4. The molecule has 130 valence electrons. The van der Waals surface area contributed by atoms with E-state index in [1.165, 1.54) is 44.9 Å². The molecule has 2 aliphatic carbocycles. The van der Waals surface area contributed by atoms with E-state index >= 15 is 0 Å². The Morgan fingerprint density at radius 2 is 1.39 bits per heavy atom.